The Morgan fingerprint density at radius 1 is 0.793 bits per heavy atom. The molecule has 0 aliphatic carbocycles. The second-order valence-corrected chi connectivity index (χ2v) is 5.99. The monoisotopic (exact) mass is 402 g/mol. The van der Waals surface area contributed by atoms with Crippen LogP contribution in [0.2, 0.25) is 0 Å². The van der Waals surface area contributed by atoms with Crippen molar-refractivity contribution in [3.05, 3.63) is 65.2 Å². The van der Waals surface area contributed by atoms with Gasteiger partial charge in [-0.25, -0.2) is 9.59 Å². The molecule has 2 rings (SSSR count). The summed E-state index contributed by atoms with van der Waals surface area (Å²) in [6.45, 7) is 0.0632. The maximum atomic E-state index is 12.1. The molecule has 10 heteroatoms. The Kier molecular flexibility index (Phi) is 7.01. The molecule has 0 spiro atoms. The van der Waals surface area contributed by atoms with Crippen molar-refractivity contribution < 1.29 is 39.6 Å². The highest BCUT2D eigenvalue weighted by Crippen LogP contribution is 2.16. The second kappa shape index (κ2) is 9.44. The Hall–Kier alpha value is -3.76. The van der Waals surface area contributed by atoms with Gasteiger partial charge in [-0.2, -0.15) is 0 Å². The van der Waals surface area contributed by atoms with Gasteiger partial charge in [0.1, 0.15) is 0 Å². The summed E-state index contributed by atoms with van der Waals surface area (Å²) in [6.07, 6.45) is -4.27. The van der Waals surface area contributed by atoms with Crippen LogP contribution in [0.4, 0.5) is 5.69 Å². The largest absolute Gasteiger partial charge is 0.478 e. The van der Waals surface area contributed by atoms with E-state index in [0.29, 0.717) is 0 Å². The molecular formula is C19H18N2O8. The van der Waals surface area contributed by atoms with Gasteiger partial charge in [0.25, 0.3) is 11.8 Å². The third-order valence-electron chi connectivity index (χ3n) is 3.84. The summed E-state index contributed by atoms with van der Waals surface area (Å²) >= 11 is 0. The maximum Gasteiger partial charge on any atom is 0.335 e. The maximum absolute atomic E-state index is 12.1. The first-order valence-corrected chi connectivity index (χ1v) is 8.29. The minimum absolute atomic E-state index is 0.0632. The number of nitrogens with one attached hydrogen (secondary N) is 2. The summed E-state index contributed by atoms with van der Waals surface area (Å²) in [5.74, 6) is -5.07. The van der Waals surface area contributed by atoms with E-state index in [4.69, 9.17) is 10.2 Å². The molecule has 0 radical (unpaired) electrons. The Bertz CT molecular complexity index is 897. The number of carbonyl (C=O) groups is 4. The van der Waals surface area contributed by atoms with E-state index in [1.54, 1.807) is 30.3 Å². The molecular weight excluding hydrogens is 384 g/mol. The summed E-state index contributed by atoms with van der Waals surface area (Å²) in [6, 6.07) is 11.6. The lowest BCUT2D eigenvalue weighted by Crippen LogP contribution is -2.47. The van der Waals surface area contributed by atoms with Gasteiger partial charge < -0.3 is 31.1 Å². The number of anilines is 1. The van der Waals surface area contributed by atoms with E-state index in [9.17, 15) is 29.4 Å². The molecule has 2 aromatic rings. The molecule has 0 saturated carbocycles. The minimum atomic E-state index is -2.17. The predicted molar refractivity (Wildman–Crippen MR) is 99.3 cm³/mol. The number of aromatic carboxylic acids is 2. The van der Waals surface area contributed by atoms with Crippen molar-refractivity contribution in [2.75, 3.05) is 5.32 Å². The van der Waals surface area contributed by atoms with Crippen LogP contribution >= 0.6 is 0 Å². The molecule has 0 fully saturated rings. The quantitative estimate of drug-likeness (QED) is 0.359. The fraction of sp³-hybridized carbons (Fsp3) is 0.158. The van der Waals surface area contributed by atoms with Gasteiger partial charge in [0.05, 0.1) is 11.1 Å². The summed E-state index contributed by atoms with van der Waals surface area (Å²) in [4.78, 5) is 46.2. The van der Waals surface area contributed by atoms with Crippen LogP contribution in [0.3, 0.4) is 0 Å². The second-order valence-electron chi connectivity index (χ2n) is 5.99. The molecule has 0 saturated heterocycles. The van der Waals surface area contributed by atoms with Crippen LogP contribution in [-0.2, 0) is 16.1 Å². The number of benzene rings is 2. The molecule has 29 heavy (non-hydrogen) atoms. The van der Waals surface area contributed by atoms with E-state index in [1.807, 2.05) is 0 Å². The van der Waals surface area contributed by atoms with Gasteiger partial charge in [-0.3, -0.25) is 9.59 Å². The number of amides is 2. The third kappa shape index (κ3) is 5.86. The highest BCUT2D eigenvalue weighted by atomic mass is 16.4. The smallest absolute Gasteiger partial charge is 0.335 e. The van der Waals surface area contributed by atoms with Crippen LogP contribution in [0.25, 0.3) is 0 Å². The summed E-state index contributed by atoms with van der Waals surface area (Å²) < 4.78 is 0. The SMILES string of the molecule is O=C(O)c1cc(NC(=O)C(O)C(O)C(=O)NCc2ccccc2)cc(C(=O)O)c1. The highest BCUT2D eigenvalue weighted by Gasteiger charge is 2.30. The van der Waals surface area contributed by atoms with Crippen LogP contribution in [0, 0.1) is 0 Å². The van der Waals surface area contributed by atoms with E-state index in [0.717, 1.165) is 23.8 Å². The molecule has 0 aromatic heterocycles. The number of carboxylic acids is 2. The highest BCUT2D eigenvalue weighted by molar-refractivity contribution is 6.01. The van der Waals surface area contributed by atoms with Gasteiger partial charge in [0, 0.05) is 12.2 Å². The number of aliphatic hydroxyl groups is 2. The normalized spacial score (nSPS) is 12.5. The molecule has 0 bridgehead atoms. The van der Waals surface area contributed by atoms with Gasteiger partial charge in [-0.15, -0.1) is 0 Å². The zero-order valence-corrected chi connectivity index (χ0v) is 14.9. The number of carboxylic acid groups (broad SMARTS) is 2. The van der Waals surface area contributed by atoms with Crippen LogP contribution in [0.15, 0.2) is 48.5 Å². The first-order chi connectivity index (χ1) is 13.7. The number of rotatable bonds is 8. The Morgan fingerprint density at radius 3 is 1.83 bits per heavy atom. The van der Waals surface area contributed by atoms with Gasteiger partial charge in [0.15, 0.2) is 12.2 Å². The van der Waals surface area contributed by atoms with Gasteiger partial charge in [0.2, 0.25) is 0 Å². The number of carbonyl (C=O) groups excluding carboxylic acids is 2. The molecule has 0 aliphatic heterocycles. The lowest BCUT2D eigenvalue weighted by molar-refractivity contribution is -0.143. The Morgan fingerprint density at radius 2 is 1.31 bits per heavy atom. The fourth-order valence-corrected chi connectivity index (χ4v) is 2.34. The third-order valence-corrected chi connectivity index (χ3v) is 3.84. The van der Waals surface area contributed by atoms with Crippen LogP contribution in [-0.4, -0.2) is 56.4 Å². The molecule has 6 N–H and O–H groups in total. The van der Waals surface area contributed by atoms with Crippen molar-refractivity contribution in [2.24, 2.45) is 0 Å². The summed E-state index contributed by atoms with van der Waals surface area (Å²) in [5.41, 5.74) is -0.311. The molecule has 2 unspecified atom stereocenters. The Balaban J connectivity index is 2.04. The molecule has 2 aromatic carbocycles. The Labute approximate surface area is 164 Å². The minimum Gasteiger partial charge on any atom is -0.478 e. The van der Waals surface area contributed by atoms with Crippen molar-refractivity contribution in [1.82, 2.24) is 5.32 Å². The van der Waals surface area contributed by atoms with E-state index in [-0.39, 0.29) is 12.2 Å². The fourth-order valence-electron chi connectivity index (χ4n) is 2.34. The van der Waals surface area contributed by atoms with Crippen molar-refractivity contribution in [1.29, 1.82) is 0 Å². The van der Waals surface area contributed by atoms with Crippen molar-refractivity contribution in [2.45, 2.75) is 18.8 Å². The zero-order chi connectivity index (χ0) is 21.6. The average molecular weight is 402 g/mol. The van der Waals surface area contributed by atoms with Crippen LogP contribution in [0.1, 0.15) is 26.3 Å². The first kappa shape index (κ1) is 21.5. The van der Waals surface area contributed by atoms with Gasteiger partial charge >= 0.3 is 11.9 Å². The lowest BCUT2D eigenvalue weighted by atomic mass is 10.1. The average Bonchev–Trinajstić information content (AvgIpc) is 2.71. The van der Waals surface area contributed by atoms with Gasteiger partial charge in [-0.05, 0) is 23.8 Å². The van der Waals surface area contributed by atoms with Crippen molar-refractivity contribution in [3.8, 4) is 0 Å². The first-order valence-electron chi connectivity index (χ1n) is 8.29. The zero-order valence-electron chi connectivity index (χ0n) is 14.9. The number of hydrogen-bond acceptors (Lipinski definition) is 6. The topological polar surface area (TPSA) is 173 Å². The number of hydrogen-bond donors (Lipinski definition) is 6. The lowest BCUT2D eigenvalue weighted by Gasteiger charge is -2.17. The van der Waals surface area contributed by atoms with E-state index in [1.165, 1.54) is 0 Å². The van der Waals surface area contributed by atoms with Crippen LogP contribution in [0.5, 0.6) is 0 Å². The summed E-state index contributed by atoms with van der Waals surface area (Å²) in [5, 5.41) is 42.3. The molecule has 2 atom stereocenters. The molecule has 0 heterocycles. The predicted octanol–water partition coefficient (Wildman–Crippen LogP) is 0.0597. The van der Waals surface area contributed by atoms with Crippen molar-refractivity contribution in [3.63, 3.8) is 0 Å². The molecule has 152 valence electrons. The standard InChI is InChI=1S/C19H18N2O8/c22-14(16(24)20-9-10-4-2-1-3-5-10)15(23)17(25)21-13-7-11(18(26)27)6-12(8-13)19(28)29/h1-8,14-15,22-23H,9H2,(H,20,24)(H,21,25)(H,26,27)(H,28,29). The number of aliphatic hydroxyl groups excluding tert-OH is 2. The van der Waals surface area contributed by atoms with E-state index >= 15 is 0 Å². The summed E-state index contributed by atoms with van der Waals surface area (Å²) in [7, 11) is 0. The molecule has 10 nitrogen and oxygen atoms in total. The van der Waals surface area contributed by atoms with E-state index in [2.05, 4.69) is 10.6 Å². The van der Waals surface area contributed by atoms with Gasteiger partial charge in [-0.1, -0.05) is 30.3 Å². The van der Waals surface area contributed by atoms with E-state index < -0.39 is 47.1 Å². The van der Waals surface area contributed by atoms with Crippen LogP contribution < -0.4 is 10.6 Å². The molecule has 2 amide bonds. The van der Waals surface area contributed by atoms with Crippen molar-refractivity contribution >= 4 is 29.4 Å². The molecule has 0 aliphatic rings.